The molecule has 2 unspecified atom stereocenters. The molecule has 2 rings (SSSR count). The first-order chi connectivity index (χ1) is 16.5. The fourth-order valence-electron chi connectivity index (χ4n) is 5.13. The molecule has 4 N–H and O–H groups in total. The summed E-state index contributed by atoms with van der Waals surface area (Å²) in [5, 5.41) is 27.8. The molecular formula is C25H40N2O7S. The Morgan fingerprint density at radius 2 is 2.03 bits per heavy atom. The maximum atomic E-state index is 13.8. The van der Waals surface area contributed by atoms with E-state index in [0.717, 1.165) is 32.1 Å². The first-order valence-corrected chi connectivity index (χ1v) is 13.4. The molecule has 198 valence electrons. The zero-order chi connectivity index (χ0) is 26.2. The number of hydrogen-bond acceptors (Lipinski definition) is 8. The number of carbonyl (C=O) groups excluding carboxylic acids is 4. The average Bonchev–Trinajstić information content (AvgIpc) is 3.03. The number of esters is 1. The highest BCUT2D eigenvalue weighted by molar-refractivity contribution is 8.13. The summed E-state index contributed by atoms with van der Waals surface area (Å²) in [6, 6.07) is -1.10. The van der Waals surface area contributed by atoms with Crippen molar-refractivity contribution in [1.82, 2.24) is 10.6 Å². The van der Waals surface area contributed by atoms with Gasteiger partial charge in [-0.2, -0.15) is 0 Å². The molecule has 1 saturated heterocycles. The third-order valence-corrected chi connectivity index (χ3v) is 8.25. The molecule has 2 aliphatic rings. The van der Waals surface area contributed by atoms with Crippen LogP contribution in [-0.4, -0.2) is 69.3 Å². The Hall–Kier alpha value is -1.91. The van der Waals surface area contributed by atoms with Gasteiger partial charge in [0.15, 0.2) is 5.54 Å². The number of allylic oxidation sites excluding steroid dienone is 1. The van der Waals surface area contributed by atoms with Crippen molar-refractivity contribution in [2.45, 2.75) is 95.4 Å². The van der Waals surface area contributed by atoms with Crippen LogP contribution >= 0.6 is 11.8 Å². The first kappa shape index (κ1) is 29.3. The summed E-state index contributed by atoms with van der Waals surface area (Å²) in [6.07, 6.45) is 8.72. The van der Waals surface area contributed by atoms with Crippen LogP contribution in [0.15, 0.2) is 12.2 Å². The number of unbranched alkanes of at least 4 members (excludes halogenated alkanes) is 3. The van der Waals surface area contributed by atoms with Crippen molar-refractivity contribution in [3.05, 3.63) is 12.2 Å². The highest BCUT2D eigenvalue weighted by Crippen LogP contribution is 2.46. The Bertz CT molecular complexity index is 816. The van der Waals surface area contributed by atoms with Gasteiger partial charge in [-0.25, -0.2) is 4.79 Å². The van der Waals surface area contributed by atoms with Crippen LogP contribution in [0.2, 0.25) is 0 Å². The largest absolute Gasteiger partial charge is 0.467 e. The predicted molar refractivity (Wildman–Crippen MR) is 133 cm³/mol. The van der Waals surface area contributed by atoms with E-state index in [1.807, 2.05) is 12.2 Å². The summed E-state index contributed by atoms with van der Waals surface area (Å²) < 4.78 is 4.72. The lowest BCUT2D eigenvalue weighted by molar-refractivity contribution is -0.144. The molecule has 1 fully saturated rings. The second kappa shape index (κ2) is 12.9. The van der Waals surface area contributed by atoms with Crippen molar-refractivity contribution in [3.63, 3.8) is 0 Å². The van der Waals surface area contributed by atoms with E-state index in [1.165, 1.54) is 21.0 Å². The van der Waals surface area contributed by atoms with E-state index in [-0.39, 0.29) is 5.75 Å². The fourth-order valence-corrected chi connectivity index (χ4v) is 6.27. The first-order valence-electron chi connectivity index (χ1n) is 12.4. The van der Waals surface area contributed by atoms with E-state index in [2.05, 4.69) is 17.6 Å². The third-order valence-electron chi connectivity index (χ3n) is 7.17. The van der Waals surface area contributed by atoms with E-state index < -0.39 is 58.0 Å². The van der Waals surface area contributed by atoms with Crippen molar-refractivity contribution < 1.29 is 34.1 Å². The van der Waals surface area contributed by atoms with Crippen molar-refractivity contribution in [3.8, 4) is 0 Å². The number of hydrogen-bond donors (Lipinski definition) is 4. The zero-order valence-corrected chi connectivity index (χ0v) is 22.0. The number of rotatable bonds is 12. The van der Waals surface area contributed by atoms with Crippen LogP contribution < -0.4 is 10.6 Å². The normalized spacial score (nSPS) is 29.8. The summed E-state index contributed by atoms with van der Waals surface area (Å²) in [5.41, 5.74) is -3.83. The van der Waals surface area contributed by atoms with Crippen LogP contribution in [0.25, 0.3) is 0 Å². The standard InChI is InChI=1S/C25H40N2O7S/c1-5-6-7-11-14-18-21(30)27-25(24(18,3)33,20(29)17-12-9-8-10-13-17)23(32)35-15-19(22(31)34-4)26-16(2)28/h9,12,17-20,29,33H,5-8,10-11,13-15H2,1-4H3,(H,26,28)(H,27,30)/t17?,18-,19?,20-,24-,25-/m0/s1. The average molecular weight is 513 g/mol. The highest BCUT2D eigenvalue weighted by atomic mass is 32.2. The molecule has 9 nitrogen and oxygen atoms in total. The Labute approximate surface area is 211 Å². The predicted octanol–water partition coefficient (Wildman–Crippen LogP) is 1.85. The van der Waals surface area contributed by atoms with Crippen LogP contribution in [-0.2, 0) is 23.9 Å². The summed E-state index contributed by atoms with van der Waals surface area (Å²) in [7, 11) is 1.18. The smallest absolute Gasteiger partial charge is 0.329 e. The molecule has 1 heterocycles. The van der Waals surface area contributed by atoms with Gasteiger partial charge in [0, 0.05) is 18.6 Å². The van der Waals surface area contributed by atoms with Crippen LogP contribution in [0.4, 0.5) is 0 Å². The quantitative estimate of drug-likeness (QED) is 0.176. The van der Waals surface area contributed by atoms with Gasteiger partial charge in [-0.15, -0.1) is 0 Å². The number of nitrogens with one attached hydrogen (secondary N) is 2. The minimum Gasteiger partial charge on any atom is -0.467 e. The van der Waals surface area contributed by atoms with E-state index in [9.17, 15) is 29.4 Å². The Morgan fingerprint density at radius 1 is 1.31 bits per heavy atom. The molecule has 2 amide bonds. The lowest BCUT2D eigenvalue weighted by Gasteiger charge is -2.45. The second-order valence-corrected chi connectivity index (χ2v) is 10.7. The highest BCUT2D eigenvalue weighted by Gasteiger charge is 2.68. The van der Waals surface area contributed by atoms with Crippen molar-refractivity contribution in [1.29, 1.82) is 0 Å². The number of carbonyl (C=O) groups is 4. The number of aliphatic hydroxyl groups excluding tert-OH is 1. The zero-order valence-electron chi connectivity index (χ0n) is 21.2. The molecule has 0 spiro atoms. The van der Waals surface area contributed by atoms with Gasteiger partial charge in [-0.05, 0) is 32.6 Å². The van der Waals surface area contributed by atoms with Gasteiger partial charge < -0.3 is 25.6 Å². The van der Waals surface area contributed by atoms with E-state index >= 15 is 0 Å². The molecule has 1 aliphatic carbocycles. The lowest BCUT2D eigenvalue weighted by atomic mass is 9.68. The van der Waals surface area contributed by atoms with Crippen LogP contribution in [0.1, 0.15) is 72.1 Å². The van der Waals surface area contributed by atoms with Crippen LogP contribution in [0, 0.1) is 11.8 Å². The third kappa shape index (κ3) is 6.46. The van der Waals surface area contributed by atoms with Gasteiger partial charge in [0.2, 0.25) is 16.9 Å². The maximum Gasteiger partial charge on any atom is 0.329 e. The molecule has 0 aromatic rings. The SMILES string of the molecule is CCCCCC[C@H]1C(=O)N[C@](C(=O)SCC(NC(C)=O)C(=O)OC)([C@@H](O)C2C=CCCC2)[C@@]1(C)O. The molecule has 0 saturated carbocycles. The summed E-state index contributed by atoms with van der Waals surface area (Å²) in [6.45, 7) is 4.76. The van der Waals surface area contributed by atoms with Crippen LogP contribution in [0.5, 0.6) is 0 Å². The van der Waals surface area contributed by atoms with E-state index in [4.69, 9.17) is 4.74 Å². The molecule has 0 bridgehead atoms. The van der Waals surface area contributed by atoms with E-state index in [0.29, 0.717) is 31.0 Å². The molecule has 10 heteroatoms. The number of amides is 2. The summed E-state index contributed by atoms with van der Waals surface area (Å²) in [4.78, 5) is 50.5. The maximum absolute atomic E-state index is 13.8. The fraction of sp³-hybridized carbons (Fsp3) is 0.760. The van der Waals surface area contributed by atoms with Crippen LogP contribution in [0.3, 0.4) is 0 Å². The lowest BCUT2D eigenvalue weighted by Crippen LogP contribution is -2.69. The summed E-state index contributed by atoms with van der Waals surface area (Å²) >= 11 is 0.684. The summed E-state index contributed by atoms with van der Waals surface area (Å²) in [5.74, 6) is -3.12. The second-order valence-electron chi connectivity index (χ2n) is 9.69. The van der Waals surface area contributed by atoms with Crippen molar-refractivity contribution in [2.24, 2.45) is 11.8 Å². The number of aliphatic hydroxyl groups is 2. The minimum absolute atomic E-state index is 0.173. The number of ether oxygens (including phenoxy) is 1. The van der Waals surface area contributed by atoms with Gasteiger partial charge >= 0.3 is 5.97 Å². The molecule has 0 aromatic heterocycles. The van der Waals surface area contributed by atoms with Gasteiger partial charge in [0.25, 0.3) is 0 Å². The van der Waals surface area contributed by atoms with Crippen molar-refractivity contribution >= 4 is 34.7 Å². The Balaban J connectivity index is 2.37. The topological polar surface area (TPSA) is 142 Å². The Kier molecular flexibility index (Phi) is 10.8. The van der Waals surface area contributed by atoms with Gasteiger partial charge in [-0.1, -0.05) is 56.5 Å². The molecule has 0 radical (unpaired) electrons. The molecule has 0 aromatic carbocycles. The molecular weight excluding hydrogens is 472 g/mol. The van der Waals surface area contributed by atoms with Gasteiger partial charge in [0.05, 0.1) is 19.1 Å². The Morgan fingerprint density at radius 3 is 2.60 bits per heavy atom. The molecule has 35 heavy (non-hydrogen) atoms. The molecule has 6 atom stereocenters. The number of thioether (sulfide) groups is 1. The number of methoxy groups -OCH3 is 1. The molecule has 1 aliphatic heterocycles. The van der Waals surface area contributed by atoms with Crippen molar-refractivity contribution in [2.75, 3.05) is 12.9 Å². The van der Waals surface area contributed by atoms with Gasteiger partial charge in [0.1, 0.15) is 11.6 Å². The van der Waals surface area contributed by atoms with Gasteiger partial charge in [-0.3, -0.25) is 14.4 Å². The monoisotopic (exact) mass is 512 g/mol. The van der Waals surface area contributed by atoms with E-state index in [1.54, 1.807) is 0 Å². The minimum atomic E-state index is -1.96.